The van der Waals surface area contributed by atoms with Gasteiger partial charge >= 0.3 is 0 Å². The Kier molecular flexibility index (Phi) is 5.90. The third-order valence-corrected chi connectivity index (χ3v) is 5.80. The summed E-state index contributed by atoms with van der Waals surface area (Å²) in [5, 5.41) is 4.43. The fourth-order valence-corrected chi connectivity index (χ4v) is 3.84. The maximum Gasteiger partial charge on any atom is 0.167 e. The number of rotatable bonds is 7. The SMILES string of the molecule is CCC(C)CN(C)c1nc2c(-c3ccc(-c4ccccc4)nc3)cnn2c(N)c1C(C)=O. The second-order valence-corrected chi connectivity index (χ2v) is 8.24. The van der Waals surface area contributed by atoms with E-state index in [0.717, 1.165) is 35.3 Å². The molecule has 1 unspecified atom stereocenters. The molecule has 7 heteroatoms. The van der Waals surface area contributed by atoms with Gasteiger partial charge in [-0.1, -0.05) is 56.7 Å². The van der Waals surface area contributed by atoms with Crippen molar-refractivity contribution in [3.05, 3.63) is 60.4 Å². The highest BCUT2D eigenvalue weighted by atomic mass is 16.1. The number of pyridine rings is 1. The highest BCUT2D eigenvalue weighted by Gasteiger charge is 2.23. The number of aromatic nitrogens is 4. The molecular weight excluding hydrogens is 400 g/mol. The van der Waals surface area contributed by atoms with Crippen LogP contribution < -0.4 is 10.6 Å². The van der Waals surface area contributed by atoms with Gasteiger partial charge in [-0.2, -0.15) is 9.61 Å². The molecule has 0 amide bonds. The van der Waals surface area contributed by atoms with Crippen molar-refractivity contribution in [3.63, 3.8) is 0 Å². The van der Waals surface area contributed by atoms with E-state index in [9.17, 15) is 4.79 Å². The van der Waals surface area contributed by atoms with Crippen LogP contribution in [0.15, 0.2) is 54.9 Å². The first-order valence-corrected chi connectivity index (χ1v) is 10.8. The Morgan fingerprint density at radius 2 is 1.88 bits per heavy atom. The van der Waals surface area contributed by atoms with E-state index in [1.807, 2.05) is 60.6 Å². The number of fused-ring (bicyclic) bond motifs is 1. The molecule has 0 aliphatic rings. The van der Waals surface area contributed by atoms with Gasteiger partial charge in [0.05, 0.1) is 11.9 Å². The zero-order valence-electron chi connectivity index (χ0n) is 18.9. The largest absolute Gasteiger partial charge is 0.383 e. The number of ketones is 1. The number of nitrogens with two attached hydrogens (primary N) is 1. The molecule has 0 saturated heterocycles. The molecule has 0 saturated carbocycles. The van der Waals surface area contributed by atoms with Gasteiger partial charge in [-0.05, 0) is 18.9 Å². The maximum absolute atomic E-state index is 12.4. The summed E-state index contributed by atoms with van der Waals surface area (Å²) in [4.78, 5) is 23.9. The van der Waals surface area contributed by atoms with Gasteiger partial charge < -0.3 is 10.6 Å². The van der Waals surface area contributed by atoms with Crippen LogP contribution in [-0.2, 0) is 0 Å². The van der Waals surface area contributed by atoms with Crippen molar-refractivity contribution >= 4 is 23.1 Å². The fourth-order valence-electron chi connectivity index (χ4n) is 3.84. The second-order valence-electron chi connectivity index (χ2n) is 8.24. The van der Waals surface area contributed by atoms with Crippen LogP contribution in [0.3, 0.4) is 0 Å². The van der Waals surface area contributed by atoms with Gasteiger partial charge in [-0.15, -0.1) is 0 Å². The summed E-state index contributed by atoms with van der Waals surface area (Å²) in [6.07, 6.45) is 4.58. The number of Topliss-reactive ketones (excluding diaryl/α,β-unsaturated/α-hetero) is 1. The third kappa shape index (κ3) is 3.93. The van der Waals surface area contributed by atoms with Crippen LogP contribution in [0.4, 0.5) is 11.6 Å². The molecule has 1 atom stereocenters. The van der Waals surface area contributed by atoms with Crippen LogP contribution in [0.1, 0.15) is 37.6 Å². The molecule has 0 aliphatic carbocycles. The molecule has 4 rings (SSSR count). The van der Waals surface area contributed by atoms with Crippen LogP contribution in [-0.4, -0.2) is 39.0 Å². The number of nitrogens with zero attached hydrogens (tertiary/aromatic N) is 5. The molecular formula is C25H28N6O. The Bertz CT molecular complexity index is 1250. The summed E-state index contributed by atoms with van der Waals surface area (Å²) in [7, 11) is 1.95. The second kappa shape index (κ2) is 8.78. The van der Waals surface area contributed by atoms with Crippen molar-refractivity contribution in [1.82, 2.24) is 19.6 Å². The quantitative estimate of drug-likeness (QED) is 0.428. The Labute approximate surface area is 187 Å². The molecule has 7 nitrogen and oxygen atoms in total. The number of carbonyl (C=O) groups excluding carboxylic acids is 1. The van der Waals surface area contributed by atoms with Gasteiger partial charge in [0, 0.05) is 36.5 Å². The zero-order chi connectivity index (χ0) is 22.8. The van der Waals surface area contributed by atoms with Crippen molar-refractivity contribution in [1.29, 1.82) is 0 Å². The molecule has 164 valence electrons. The topological polar surface area (TPSA) is 89.4 Å². The Balaban J connectivity index is 1.81. The molecule has 1 aromatic carbocycles. The van der Waals surface area contributed by atoms with Gasteiger partial charge in [0.2, 0.25) is 0 Å². The fraction of sp³-hybridized carbons (Fsp3) is 0.280. The van der Waals surface area contributed by atoms with E-state index < -0.39 is 0 Å². The van der Waals surface area contributed by atoms with Crippen LogP contribution >= 0.6 is 0 Å². The lowest BCUT2D eigenvalue weighted by molar-refractivity contribution is 0.101. The number of nitrogen functional groups attached to an aromatic ring is 1. The predicted molar refractivity (Wildman–Crippen MR) is 129 cm³/mol. The van der Waals surface area contributed by atoms with Gasteiger partial charge in [0.1, 0.15) is 17.2 Å². The average Bonchev–Trinajstić information content (AvgIpc) is 3.23. The smallest absolute Gasteiger partial charge is 0.167 e. The normalized spacial score (nSPS) is 12.1. The Morgan fingerprint density at radius 1 is 1.12 bits per heavy atom. The van der Waals surface area contributed by atoms with E-state index in [2.05, 4.69) is 23.9 Å². The number of benzene rings is 1. The molecule has 0 bridgehead atoms. The lowest BCUT2D eigenvalue weighted by Crippen LogP contribution is -2.27. The van der Waals surface area contributed by atoms with Crippen LogP contribution in [0.25, 0.3) is 28.0 Å². The Hall–Kier alpha value is -3.74. The van der Waals surface area contributed by atoms with Crippen molar-refractivity contribution in [2.24, 2.45) is 5.92 Å². The summed E-state index contributed by atoms with van der Waals surface area (Å²) in [5.74, 6) is 1.21. The molecule has 0 spiro atoms. The average molecular weight is 429 g/mol. The monoisotopic (exact) mass is 428 g/mol. The van der Waals surface area contributed by atoms with E-state index in [4.69, 9.17) is 10.7 Å². The lowest BCUT2D eigenvalue weighted by atomic mass is 10.1. The van der Waals surface area contributed by atoms with Crippen molar-refractivity contribution < 1.29 is 4.79 Å². The van der Waals surface area contributed by atoms with E-state index >= 15 is 0 Å². The molecule has 32 heavy (non-hydrogen) atoms. The molecule has 0 aliphatic heterocycles. The molecule has 0 fully saturated rings. The lowest BCUT2D eigenvalue weighted by Gasteiger charge is -2.24. The molecule has 2 N–H and O–H groups in total. The highest BCUT2D eigenvalue weighted by Crippen LogP contribution is 2.31. The number of hydrogen-bond acceptors (Lipinski definition) is 6. The summed E-state index contributed by atoms with van der Waals surface area (Å²) in [6.45, 7) is 6.61. The molecule has 0 radical (unpaired) electrons. The molecule has 3 heterocycles. The van der Waals surface area contributed by atoms with Crippen molar-refractivity contribution in [3.8, 4) is 22.4 Å². The van der Waals surface area contributed by atoms with Crippen LogP contribution in [0, 0.1) is 5.92 Å². The van der Waals surface area contributed by atoms with Crippen LogP contribution in [0.5, 0.6) is 0 Å². The van der Waals surface area contributed by atoms with Gasteiger partial charge in [-0.3, -0.25) is 9.78 Å². The first kappa shape index (κ1) is 21.5. The van der Waals surface area contributed by atoms with Gasteiger partial charge in [0.15, 0.2) is 11.4 Å². The minimum atomic E-state index is -0.131. The zero-order valence-corrected chi connectivity index (χ0v) is 18.9. The minimum absolute atomic E-state index is 0.131. The van der Waals surface area contributed by atoms with E-state index in [1.165, 1.54) is 11.4 Å². The van der Waals surface area contributed by atoms with Crippen LogP contribution in [0.2, 0.25) is 0 Å². The van der Waals surface area contributed by atoms with Gasteiger partial charge in [-0.25, -0.2) is 4.98 Å². The Morgan fingerprint density at radius 3 is 2.50 bits per heavy atom. The molecule has 3 aromatic heterocycles. The number of anilines is 2. The van der Waals surface area contributed by atoms with E-state index in [0.29, 0.717) is 28.8 Å². The predicted octanol–water partition coefficient (Wildman–Crippen LogP) is 4.73. The van der Waals surface area contributed by atoms with E-state index in [-0.39, 0.29) is 5.78 Å². The molecule has 4 aromatic rings. The summed E-state index contributed by atoms with van der Waals surface area (Å²) in [6, 6.07) is 14.0. The number of hydrogen-bond donors (Lipinski definition) is 1. The first-order chi connectivity index (χ1) is 15.4. The first-order valence-electron chi connectivity index (χ1n) is 10.8. The van der Waals surface area contributed by atoms with Gasteiger partial charge in [0.25, 0.3) is 0 Å². The van der Waals surface area contributed by atoms with Crippen molar-refractivity contribution in [2.75, 3.05) is 24.2 Å². The minimum Gasteiger partial charge on any atom is -0.383 e. The maximum atomic E-state index is 12.4. The highest BCUT2D eigenvalue weighted by molar-refractivity contribution is 6.04. The number of carbonyl (C=O) groups is 1. The van der Waals surface area contributed by atoms with Crippen molar-refractivity contribution in [2.45, 2.75) is 27.2 Å². The summed E-state index contributed by atoms with van der Waals surface area (Å²) < 4.78 is 1.54. The third-order valence-electron chi connectivity index (χ3n) is 5.80. The standard InChI is InChI=1S/C25H28N6O/c1-5-16(2)15-30(4)25-22(17(3)32)23(26)31-24(29-25)20(14-28-31)19-11-12-21(27-13-19)18-9-7-6-8-10-18/h6-14,16H,5,15,26H2,1-4H3. The summed E-state index contributed by atoms with van der Waals surface area (Å²) in [5.41, 5.74) is 11.1. The summed E-state index contributed by atoms with van der Waals surface area (Å²) >= 11 is 0. The van der Waals surface area contributed by atoms with E-state index in [1.54, 1.807) is 6.20 Å².